The lowest BCUT2D eigenvalue weighted by molar-refractivity contribution is -0.310. The van der Waals surface area contributed by atoms with Crippen molar-refractivity contribution in [2.75, 3.05) is 11.4 Å². The molecule has 0 bridgehead atoms. The lowest BCUT2D eigenvalue weighted by Crippen LogP contribution is -2.33. The highest BCUT2D eigenvalue weighted by atomic mass is 16.4. The number of anilines is 1. The Morgan fingerprint density at radius 1 is 1.47 bits per heavy atom. The summed E-state index contributed by atoms with van der Waals surface area (Å²) in [5, 5.41) is 10.9. The number of carbonyl (C=O) groups is 2. The third kappa shape index (κ3) is 2.62. The van der Waals surface area contributed by atoms with E-state index >= 15 is 0 Å². The third-order valence-corrected chi connectivity index (χ3v) is 3.83. The molecule has 2 atom stereocenters. The molecule has 0 aliphatic carbocycles. The first-order valence-electron chi connectivity index (χ1n) is 6.64. The number of carboxylic acids is 1. The molecule has 4 heteroatoms. The van der Waals surface area contributed by atoms with Gasteiger partial charge in [0.05, 0.1) is 0 Å². The lowest BCUT2D eigenvalue weighted by atomic mass is 9.96. The van der Waals surface area contributed by atoms with Crippen molar-refractivity contribution in [2.24, 2.45) is 5.92 Å². The molecule has 102 valence electrons. The van der Waals surface area contributed by atoms with E-state index in [2.05, 4.69) is 13.8 Å². The van der Waals surface area contributed by atoms with Crippen molar-refractivity contribution in [1.82, 2.24) is 0 Å². The number of para-hydroxylation sites is 1. The molecule has 1 aliphatic rings. The van der Waals surface area contributed by atoms with Crippen LogP contribution in [0.3, 0.4) is 0 Å². The van der Waals surface area contributed by atoms with E-state index in [-0.39, 0.29) is 18.9 Å². The summed E-state index contributed by atoms with van der Waals surface area (Å²) < 4.78 is 0. The zero-order chi connectivity index (χ0) is 14.0. The average molecular weight is 260 g/mol. The average Bonchev–Trinajstić information content (AvgIpc) is 2.80. The van der Waals surface area contributed by atoms with Gasteiger partial charge in [-0.2, -0.15) is 0 Å². The normalized spacial score (nSPS) is 20.6. The minimum atomic E-state index is -1.14. The van der Waals surface area contributed by atoms with Gasteiger partial charge in [0.25, 0.3) is 0 Å². The summed E-state index contributed by atoms with van der Waals surface area (Å²) in [4.78, 5) is 24.5. The zero-order valence-corrected chi connectivity index (χ0v) is 11.3. The third-order valence-electron chi connectivity index (χ3n) is 3.83. The van der Waals surface area contributed by atoms with E-state index in [1.54, 1.807) is 4.90 Å². The second-order valence-corrected chi connectivity index (χ2v) is 5.09. The van der Waals surface area contributed by atoms with Crippen LogP contribution in [-0.4, -0.2) is 18.4 Å². The number of hydrogen-bond donors (Lipinski definition) is 0. The Bertz CT molecular complexity index is 498. The Labute approximate surface area is 113 Å². The molecule has 0 N–H and O–H groups in total. The SMILES string of the molecule is CC[C@H](C)c1ccccc1N1C[C@@H](C(=O)[O-])CC1=O. The Morgan fingerprint density at radius 3 is 2.74 bits per heavy atom. The van der Waals surface area contributed by atoms with E-state index in [4.69, 9.17) is 0 Å². The Kier molecular flexibility index (Phi) is 3.88. The number of aliphatic carboxylic acids is 1. The smallest absolute Gasteiger partial charge is 0.227 e. The number of hydrogen-bond acceptors (Lipinski definition) is 3. The molecule has 0 unspecified atom stereocenters. The predicted octanol–water partition coefficient (Wildman–Crippen LogP) is 1.30. The summed E-state index contributed by atoms with van der Waals surface area (Å²) in [6.45, 7) is 4.42. The van der Waals surface area contributed by atoms with Crippen molar-refractivity contribution in [3.05, 3.63) is 29.8 Å². The van der Waals surface area contributed by atoms with Crippen LogP contribution in [0.25, 0.3) is 0 Å². The molecule has 0 radical (unpaired) electrons. The molecule has 0 saturated carbocycles. The molecule has 4 nitrogen and oxygen atoms in total. The van der Waals surface area contributed by atoms with Crippen LogP contribution < -0.4 is 10.0 Å². The summed E-state index contributed by atoms with van der Waals surface area (Å²) in [6, 6.07) is 7.71. The molecule has 0 aromatic heterocycles. The summed E-state index contributed by atoms with van der Waals surface area (Å²) in [5.41, 5.74) is 1.93. The Balaban J connectivity index is 2.32. The lowest BCUT2D eigenvalue weighted by Gasteiger charge is -2.23. The fourth-order valence-electron chi connectivity index (χ4n) is 2.47. The fourth-order valence-corrected chi connectivity index (χ4v) is 2.47. The number of benzene rings is 1. The van der Waals surface area contributed by atoms with Crippen molar-refractivity contribution >= 4 is 17.6 Å². The largest absolute Gasteiger partial charge is 0.550 e. The first-order chi connectivity index (χ1) is 9.04. The van der Waals surface area contributed by atoms with Crippen LogP contribution in [0.15, 0.2) is 24.3 Å². The van der Waals surface area contributed by atoms with Gasteiger partial charge in [0.15, 0.2) is 0 Å². The molecule has 1 amide bonds. The van der Waals surface area contributed by atoms with Crippen LogP contribution in [-0.2, 0) is 9.59 Å². The maximum Gasteiger partial charge on any atom is 0.227 e. The molecule has 0 spiro atoms. The van der Waals surface area contributed by atoms with Crippen LogP contribution in [0.4, 0.5) is 5.69 Å². The van der Waals surface area contributed by atoms with Crippen LogP contribution in [0, 0.1) is 5.92 Å². The summed E-state index contributed by atoms with van der Waals surface area (Å²) >= 11 is 0. The van der Waals surface area contributed by atoms with Crippen LogP contribution >= 0.6 is 0 Å². The van der Waals surface area contributed by atoms with Crippen LogP contribution in [0.5, 0.6) is 0 Å². The molecule has 2 rings (SSSR count). The number of carbonyl (C=O) groups excluding carboxylic acids is 2. The maximum absolute atomic E-state index is 12.0. The Morgan fingerprint density at radius 2 is 2.16 bits per heavy atom. The second-order valence-electron chi connectivity index (χ2n) is 5.09. The molecule has 1 aliphatic heterocycles. The van der Waals surface area contributed by atoms with Crippen LogP contribution in [0.1, 0.15) is 38.2 Å². The molecule has 1 fully saturated rings. The molecule has 19 heavy (non-hydrogen) atoms. The predicted molar refractivity (Wildman–Crippen MR) is 70.6 cm³/mol. The van der Waals surface area contributed by atoms with Crippen molar-refractivity contribution in [3.63, 3.8) is 0 Å². The van der Waals surface area contributed by atoms with E-state index in [1.165, 1.54) is 0 Å². The Hall–Kier alpha value is -1.84. The standard InChI is InChI=1S/C15H19NO3/c1-3-10(2)12-6-4-5-7-13(12)16-9-11(15(18)19)8-14(16)17/h4-7,10-11H,3,8-9H2,1-2H3,(H,18,19)/p-1/t10-,11-/m0/s1. The van der Waals surface area contributed by atoms with Gasteiger partial charge in [-0.15, -0.1) is 0 Å². The fraction of sp³-hybridized carbons (Fsp3) is 0.467. The number of rotatable bonds is 4. The molecular weight excluding hydrogens is 242 g/mol. The topological polar surface area (TPSA) is 60.4 Å². The quantitative estimate of drug-likeness (QED) is 0.820. The van der Waals surface area contributed by atoms with Crippen molar-refractivity contribution < 1.29 is 14.7 Å². The van der Waals surface area contributed by atoms with Gasteiger partial charge >= 0.3 is 0 Å². The minimum absolute atomic E-state index is 0.0389. The maximum atomic E-state index is 12.0. The summed E-state index contributed by atoms with van der Waals surface area (Å²) in [7, 11) is 0. The minimum Gasteiger partial charge on any atom is -0.550 e. The van der Waals surface area contributed by atoms with E-state index < -0.39 is 11.9 Å². The summed E-state index contributed by atoms with van der Waals surface area (Å²) in [5.74, 6) is -1.63. The number of nitrogens with zero attached hydrogens (tertiary/aromatic N) is 1. The van der Waals surface area contributed by atoms with E-state index in [1.807, 2.05) is 24.3 Å². The van der Waals surface area contributed by atoms with Gasteiger partial charge in [-0.05, 0) is 24.0 Å². The highest BCUT2D eigenvalue weighted by Gasteiger charge is 2.32. The molecule has 1 saturated heterocycles. The molecule has 1 aromatic carbocycles. The number of amides is 1. The first kappa shape index (κ1) is 13.6. The number of carboxylic acid groups (broad SMARTS) is 1. The van der Waals surface area contributed by atoms with Gasteiger partial charge in [0.2, 0.25) is 5.91 Å². The highest BCUT2D eigenvalue weighted by Crippen LogP contribution is 2.33. The first-order valence-corrected chi connectivity index (χ1v) is 6.64. The van der Waals surface area contributed by atoms with Gasteiger partial charge in [-0.3, -0.25) is 4.79 Å². The van der Waals surface area contributed by atoms with Gasteiger partial charge in [-0.1, -0.05) is 32.0 Å². The van der Waals surface area contributed by atoms with Gasteiger partial charge < -0.3 is 14.8 Å². The van der Waals surface area contributed by atoms with Crippen molar-refractivity contribution in [3.8, 4) is 0 Å². The van der Waals surface area contributed by atoms with Gasteiger partial charge in [0, 0.05) is 30.5 Å². The van der Waals surface area contributed by atoms with E-state index in [9.17, 15) is 14.7 Å². The monoisotopic (exact) mass is 260 g/mol. The summed E-state index contributed by atoms with van der Waals surface area (Å²) in [6.07, 6.45) is 1.01. The molecule has 1 aromatic rings. The van der Waals surface area contributed by atoms with Crippen molar-refractivity contribution in [2.45, 2.75) is 32.6 Å². The van der Waals surface area contributed by atoms with Crippen molar-refractivity contribution in [1.29, 1.82) is 0 Å². The molecule has 1 heterocycles. The van der Waals surface area contributed by atoms with Gasteiger partial charge in [0.1, 0.15) is 0 Å². The highest BCUT2D eigenvalue weighted by molar-refractivity contribution is 5.99. The zero-order valence-electron chi connectivity index (χ0n) is 11.3. The van der Waals surface area contributed by atoms with E-state index in [0.29, 0.717) is 5.92 Å². The van der Waals surface area contributed by atoms with Crippen LogP contribution in [0.2, 0.25) is 0 Å². The molecular formula is C15H18NO3-. The van der Waals surface area contributed by atoms with E-state index in [0.717, 1.165) is 17.7 Å². The second kappa shape index (κ2) is 5.43. The van der Waals surface area contributed by atoms with Gasteiger partial charge in [-0.25, -0.2) is 0 Å².